The molecule has 0 aromatic carbocycles. The van der Waals surface area contributed by atoms with Gasteiger partial charge in [-0.1, -0.05) is 6.92 Å². The molecule has 0 radical (unpaired) electrons. The zero-order chi connectivity index (χ0) is 28.9. The number of carbonyl (C=O) groups excluding carboxylic acids is 2. The van der Waals surface area contributed by atoms with Crippen molar-refractivity contribution in [2.45, 2.75) is 44.0 Å². The summed E-state index contributed by atoms with van der Waals surface area (Å²) < 4.78 is 95.5. The highest BCUT2D eigenvalue weighted by atomic mass is 19.4. The lowest BCUT2D eigenvalue weighted by Crippen LogP contribution is -2.55. The Morgan fingerprint density at radius 2 is 1.90 bits per heavy atom. The summed E-state index contributed by atoms with van der Waals surface area (Å²) in [7, 11) is 0. The lowest BCUT2D eigenvalue weighted by atomic mass is 10.1. The lowest BCUT2D eigenvalue weighted by molar-refractivity contribution is -0.292. The van der Waals surface area contributed by atoms with E-state index >= 15 is 0 Å². The SMILES string of the molecule is CCC(NC(=O)c1cn(-c2ncc(F)cc2F)c2nc(N3CC(O)CC3=O)ccc2c1=O)C(F)(F)C(F)(F)F. The molecule has 1 saturated heterocycles. The van der Waals surface area contributed by atoms with Gasteiger partial charge in [-0.2, -0.15) is 22.0 Å². The minimum absolute atomic E-state index is 0.0900. The van der Waals surface area contributed by atoms with Crippen molar-refractivity contribution >= 4 is 28.7 Å². The smallest absolute Gasteiger partial charge is 0.391 e. The monoisotopic (exact) mass is 561 g/mol. The Morgan fingerprint density at radius 1 is 1.21 bits per heavy atom. The van der Waals surface area contributed by atoms with E-state index in [1.54, 1.807) is 0 Å². The third-order valence-electron chi connectivity index (χ3n) is 6.01. The summed E-state index contributed by atoms with van der Waals surface area (Å²) in [5.41, 5.74) is -2.54. The number of amides is 2. The van der Waals surface area contributed by atoms with Gasteiger partial charge in [0.1, 0.15) is 23.2 Å². The summed E-state index contributed by atoms with van der Waals surface area (Å²) in [6.45, 7) is 0.806. The van der Waals surface area contributed by atoms with Gasteiger partial charge in [-0.05, 0) is 18.6 Å². The molecule has 0 spiro atoms. The van der Waals surface area contributed by atoms with Crippen molar-refractivity contribution in [3.63, 3.8) is 0 Å². The molecule has 2 unspecified atom stereocenters. The Bertz CT molecular complexity index is 1530. The van der Waals surface area contributed by atoms with Crippen molar-refractivity contribution in [3.8, 4) is 5.82 Å². The van der Waals surface area contributed by atoms with Gasteiger partial charge in [-0.25, -0.2) is 18.7 Å². The molecule has 2 amide bonds. The Labute approximate surface area is 213 Å². The molecule has 2 atom stereocenters. The van der Waals surface area contributed by atoms with Crippen LogP contribution in [-0.4, -0.2) is 62.2 Å². The fourth-order valence-corrected chi connectivity index (χ4v) is 4.04. The average Bonchev–Trinajstić information content (AvgIpc) is 3.19. The van der Waals surface area contributed by atoms with Crippen molar-refractivity contribution in [2.75, 3.05) is 11.4 Å². The summed E-state index contributed by atoms with van der Waals surface area (Å²) >= 11 is 0. The Balaban J connectivity index is 1.90. The van der Waals surface area contributed by atoms with Crippen molar-refractivity contribution in [1.29, 1.82) is 0 Å². The highest BCUT2D eigenvalue weighted by Crippen LogP contribution is 2.39. The van der Waals surface area contributed by atoms with Crippen molar-refractivity contribution in [3.05, 3.63) is 58.0 Å². The van der Waals surface area contributed by atoms with Crippen LogP contribution in [-0.2, 0) is 4.79 Å². The Kier molecular flexibility index (Phi) is 7.10. The zero-order valence-corrected chi connectivity index (χ0v) is 19.8. The molecule has 16 heteroatoms. The highest BCUT2D eigenvalue weighted by Gasteiger charge is 2.62. The van der Waals surface area contributed by atoms with E-state index in [1.807, 2.05) is 0 Å². The first kappa shape index (κ1) is 27.9. The molecule has 1 fully saturated rings. The van der Waals surface area contributed by atoms with Crippen LogP contribution < -0.4 is 15.6 Å². The third kappa shape index (κ3) is 5.03. The maximum Gasteiger partial charge on any atom is 0.455 e. The van der Waals surface area contributed by atoms with E-state index in [-0.39, 0.29) is 18.8 Å². The predicted octanol–water partition coefficient (Wildman–Crippen LogP) is 2.86. The van der Waals surface area contributed by atoms with Crippen LogP contribution in [0.1, 0.15) is 30.1 Å². The number of β-amino-alcohol motifs (C(OH)–C–C–N with tert-alkyl or cyclic N) is 1. The quantitative estimate of drug-likeness (QED) is 0.447. The number of carbonyl (C=O) groups is 2. The van der Waals surface area contributed by atoms with E-state index in [4.69, 9.17) is 0 Å². The number of aliphatic hydroxyl groups excluding tert-OH is 1. The topological polar surface area (TPSA) is 117 Å². The number of hydrogen-bond donors (Lipinski definition) is 2. The van der Waals surface area contributed by atoms with Gasteiger partial charge in [-0.15, -0.1) is 0 Å². The number of aromatic nitrogens is 3. The summed E-state index contributed by atoms with van der Waals surface area (Å²) in [5.74, 6) is -10.7. The van der Waals surface area contributed by atoms with E-state index in [9.17, 15) is 50.2 Å². The number of rotatable bonds is 6. The molecule has 4 heterocycles. The van der Waals surface area contributed by atoms with Crippen LogP contribution in [0.15, 0.2) is 35.4 Å². The normalized spacial score (nSPS) is 17.1. The number of anilines is 1. The fraction of sp³-hybridized carbons (Fsp3) is 0.348. The molecule has 3 aromatic rings. The number of aliphatic hydroxyl groups is 1. The summed E-state index contributed by atoms with van der Waals surface area (Å²) in [4.78, 5) is 47.0. The molecule has 39 heavy (non-hydrogen) atoms. The predicted molar refractivity (Wildman–Crippen MR) is 121 cm³/mol. The minimum Gasteiger partial charge on any atom is -0.391 e. The molecule has 1 aliphatic rings. The number of alkyl halides is 5. The van der Waals surface area contributed by atoms with Crippen LogP contribution in [0.5, 0.6) is 0 Å². The van der Waals surface area contributed by atoms with E-state index in [2.05, 4.69) is 9.97 Å². The molecule has 0 aliphatic carbocycles. The van der Waals surface area contributed by atoms with E-state index in [0.29, 0.717) is 23.0 Å². The van der Waals surface area contributed by atoms with Crippen LogP contribution in [0.3, 0.4) is 0 Å². The van der Waals surface area contributed by atoms with Gasteiger partial charge >= 0.3 is 12.1 Å². The van der Waals surface area contributed by atoms with Crippen LogP contribution in [0.25, 0.3) is 16.9 Å². The summed E-state index contributed by atoms with van der Waals surface area (Å²) in [5, 5.41) is 10.8. The van der Waals surface area contributed by atoms with Crippen LogP contribution in [0, 0.1) is 11.6 Å². The average molecular weight is 561 g/mol. The van der Waals surface area contributed by atoms with Gasteiger partial charge in [-0.3, -0.25) is 23.9 Å². The third-order valence-corrected chi connectivity index (χ3v) is 6.01. The van der Waals surface area contributed by atoms with Gasteiger partial charge < -0.3 is 10.4 Å². The van der Waals surface area contributed by atoms with Gasteiger partial charge in [0, 0.05) is 12.3 Å². The standard InChI is InChI=1S/C23H18F7N5O4/c1-2-15(22(26,27)23(28,29)30)32-21(39)13-9-35(20-14(25)5-10(24)7-31-20)19-12(18(13)38)3-4-16(33-19)34-8-11(36)6-17(34)37/h3-5,7,9,11,15,36H,2,6,8H2,1H3,(H,32,39). The maximum atomic E-state index is 14.7. The maximum absolute atomic E-state index is 14.7. The van der Waals surface area contributed by atoms with E-state index in [1.165, 1.54) is 5.32 Å². The number of pyridine rings is 3. The Hall–Kier alpha value is -4.08. The number of fused-ring (bicyclic) bond motifs is 1. The van der Waals surface area contributed by atoms with Crippen LogP contribution >= 0.6 is 0 Å². The number of halogens is 7. The van der Waals surface area contributed by atoms with Crippen LogP contribution in [0.2, 0.25) is 0 Å². The van der Waals surface area contributed by atoms with Crippen molar-refractivity contribution in [2.24, 2.45) is 0 Å². The first-order chi connectivity index (χ1) is 18.2. The second-order valence-corrected chi connectivity index (χ2v) is 8.66. The molecule has 4 rings (SSSR count). The second kappa shape index (κ2) is 9.91. The number of nitrogens with one attached hydrogen (secondary N) is 1. The lowest BCUT2D eigenvalue weighted by Gasteiger charge is -2.28. The number of nitrogens with zero attached hydrogens (tertiary/aromatic N) is 4. The number of hydrogen-bond acceptors (Lipinski definition) is 6. The fourth-order valence-electron chi connectivity index (χ4n) is 4.04. The van der Waals surface area contributed by atoms with E-state index in [0.717, 1.165) is 24.0 Å². The minimum atomic E-state index is -6.01. The molecule has 0 saturated carbocycles. The largest absolute Gasteiger partial charge is 0.455 e. The molecule has 9 nitrogen and oxygen atoms in total. The second-order valence-electron chi connectivity index (χ2n) is 8.66. The van der Waals surface area contributed by atoms with Gasteiger partial charge in [0.2, 0.25) is 11.3 Å². The molecule has 2 N–H and O–H groups in total. The zero-order valence-electron chi connectivity index (χ0n) is 19.8. The van der Waals surface area contributed by atoms with Gasteiger partial charge in [0.25, 0.3) is 5.91 Å². The Morgan fingerprint density at radius 3 is 2.46 bits per heavy atom. The van der Waals surface area contributed by atoms with E-state index < -0.39 is 82.0 Å². The van der Waals surface area contributed by atoms with Crippen LogP contribution in [0.4, 0.5) is 36.6 Å². The first-order valence-corrected chi connectivity index (χ1v) is 11.3. The van der Waals surface area contributed by atoms with Gasteiger partial charge in [0.15, 0.2) is 17.3 Å². The van der Waals surface area contributed by atoms with Gasteiger partial charge in [0.05, 0.1) is 30.7 Å². The molecular formula is C23H18F7N5O4. The molecular weight excluding hydrogens is 543 g/mol. The summed E-state index contributed by atoms with van der Waals surface area (Å²) in [6.07, 6.45) is -6.91. The molecule has 3 aromatic heterocycles. The summed E-state index contributed by atoms with van der Waals surface area (Å²) in [6, 6.07) is -0.115. The molecule has 0 bridgehead atoms. The van der Waals surface area contributed by atoms with Crippen molar-refractivity contribution in [1.82, 2.24) is 19.9 Å². The first-order valence-electron chi connectivity index (χ1n) is 11.3. The molecule has 1 aliphatic heterocycles. The van der Waals surface area contributed by atoms with Crippen molar-refractivity contribution < 1.29 is 45.4 Å². The molecule has 208 valence electrons. The highest BCUT2D eigenvalue weighted by molar-refractivity contribution is 5.99.